The first-order valence-corrected chi connectivity index (χ1v) is 12.5. The van der Waals surface area contributed by atoms with Crippen molar-refractivity contribution in [2.75, 3.05) is 12.9 Å². The number of thiophene rings is 1. The first kappa shape index (κ1) is 23.7. The minimum atomic E-state index is -0.361. The molecule has 0 unspecified atom stereocenters. The molecule has 170 valence electrons. The van der Waals surface area contributed by atoms with Crippen LogP contribution in [0.1, 0.15) is 28.8 Å². The van der Waals surface area contributed by atoms with Gasteiger partial charge in [0.1, 0.15) is 22.7 Å². The Bertz CT molecular complexity index is 1310. The zero-order valence-corrected chi connectivity index (χ0v) is 20.1. The molecule has 4 nitrogen and oxygen atoms in total. The number of thioether (sulfide) groups is 1. The molecule has 2 aromatic carbocycles. The average Bonchev–Trinajstić information content (AvgIpc) is 3.41. The number of hydrogen-bond acceptors (Lipinski definition) is 6. The predicted octanol–water partition coefficient (Wildman–Crippen LogP) is 7.25. The summed E-state index contributed by atoms with van der Waals surface area (Å²) in [5.41, 5.74) is 3.55. The molecule has 0 bridgehead atoms. The number of nitriles is 1. The number of carbonyl (C=O) groups excluding carboxylic acids is 1. The van der Waals surface area contributed by atoms with Crippen molar-refractivity contribution >= 4 is 28.9 Å². The Hall–Kier alpha value is -3.47. The van der Waals surface area contributed by atoms with Crippen LogP contribution in [0.15, 0.2) is 77.1 Å². The maximum absolute atomic E-state index is 13.1. The molecule has 0 atom stereocenters. The summed E-state index contributed by atoms with van der Waals surface area (Å²) in [6.45, 7) is 0. The Kier molecular flexibility index (Phi) is 7.73. The van der Waals surface area contributed by atoms with E-state index in [4.69, 9.17) is 9.72 Å². The molecular formula is C27H21FN2O2S2. The van der Waals surface area contributed by atoms with E-state index in [1.54, 1.807) is 18.4 Å². The fraction of sp³-hybridized carbons (Fsp3) is 0.148. The van der Waals surface area contributed by atoms with Gasteiger partial charge in [0.15, 0.2) is 5.78 Å². The van der Waals surface area contributed by atoms with E-state index in [1.165, 1.54) is 36.0 Å². The summed E-state index contributed by atoms with van der Waals surface area (Å²) < 4.78 is 18.4. The lowest BCUT2D eigenvalue weighted by atomic mass is 10.0. The van der Waals surface area contributed by atoms with Crippen LogP contribution in [0.2, 0.25) is 0 Å². The average molecular weight is 489 g/mol. The molecule has 4 aromatic rings. The van der Waals surface area contributed by atoms with Crippen LogP contribution in [-0.4, -0.2) is 23.6 Å². The number of hydrogen-bond donors (Lipinski definition) is 0. The molecule has 0 aliphatic rings. The zero-order chi connectivity index (χ0) is 23.9. The third-order valence-electron chi connectivity index (χ3n) is 5.23. The van der Waals surface area contributed by atoms with E-state index >= 15 is 0 Å². The summed E-state index contributed by atoms with van der Waals surface area (Å²) in [6.07, 6.45) is 0.963. The highest BCUT2D eigenvalue weighted by atomic mass is 32.2. The molecule has 0 aliphatic heterocycles. The minimum Gasteiger partial charge on any atom is -0.497 e. The van der Waals surface area contributed by atoms with Crippen LogP contribution in [-0.2, 0) is 0 Å². The van der Waals surface area contributed by atoms with Gasteiger partial charge in [-0.05, 0) is 71.6 Å². The predicted molar refractivity (Wildman–Crippen MR) is 135 cm³/mol. The third kappa shape index (κ3) is 5.53. The van der Waals surface area contributed by atoms with E-state index in [-0.39, 0.29) is 11.6 Å². The fourth-order valence-electron chi connectivity index (χ4n) is 3.46. The molecule has 0 saturated carbocycles. The van der Waals surface area contributed by atoms with E-state index in [0.29, 0.717) is 34.7 Å². The van der Waals surface area contributed by atoms with Crippen molar-refractivity contribution in [3.63, 3.8) is 0 Å². The van der Waals surface area contributed by atoms with E-state index in [1.807, 2.05) is 47.8 Å². The van der Waals surface area contributed by atoms with E-state index in [0.717, 1.165) is 27.4 Å². The summed E-state index contributed by atoms with van der Waals surface area (Å²) in [4.78, 5) is 18.2. The highest BCUT2D eigenvalue weighted by Gasteiger charge is 2.17. The van der Waals surface area contributed by atoms with E-state index in [9.17, 15) is 14.4 Å². The normalized spacial score (nSPS) is 10.6. The topological polar surface area (TPSA) is 63.0 Å². The van der Waals surface area contributed by atoms with Crippen molar-refractivity contribution in [3.8, 4) is 33.5 Å². The second-order valence-corrected chi connectivity index (χ2v) is 9.47. The second kappa shape index (κ2) is 11.1. The van der Waals surface area contributed by atoms with Crippen LogP contribution < -0.4 is 4.74 Å². The van der Waals surface area contributed by atoms with Gasteiger partial charge in [0.25, 0.3) is 0 Å². The molecule has 0 spiro atoms. The van der Waals surface area contributed by atoms with Crippen molar-refractivity contribution in [2.24, 2.45) is 0 Å². The smallest absolute Gasteiger partial charge is 0.162 e. The standard InChI is InChI=1S/C27H21FN2O2S2/c1-32-21-12-8-18(9-13-21)22-16-24(26-5-3-14-33-26)30-27(23(22)17-29)34-15-2-4-25(31)19-6-10-20(28)11-7-19/h3,5-14,16H,2,4,15H2,1H3. The van der Waals surface area contributed by atoms with Gasteiger partial charge in [-0.2, -0.15) is 5.26 Å². The molecule has 7 heteroatoms. The number of aromatic nitrogens is 1. The fourth-order valence-corrected chi connectivity index (χ4v) is 5.10. The first-order chi connectivity index (χ1) is 16.6. The summed E-state index contributed by atoms with van der Waals surface area (Å²) in [6, 6.07) is 21.5. The molecule has 0 amide bonds. The van der Waals surface area contributed by atoms with Gasteiger partial charge in [-0.3, -0.25) is 4.79 Å². The molecule has 2 heterocycles. The second-order valence-electron chi connectivity index (χ2n) is 7.43. The number of pyridine rings is 1. The lowest BCUT2D eigenvalue weighted by molar-refractivity contribution is 0.0982. The number of methoxy groups -OCH3 is 1. The van der Waals surface area contributed by atoms with Gasteiger partial charge in [-0.1, -0.05) is 18.2 Å². The zero-order valence-electron chi connectivity index (χ0n) is 18.5. The largest absolute Gasteiger partial charge is 0.497 e. The lowest BCUT2D eigenvalue weighted by Gasteiger charge is -2.12. The van der Waals surface area contributed by atoms with Crippen LogP contribution in [0, 0.1) is 17.1 Å². The number of carbonyl (C=O) groups is 1. The Labute approximate surface area is 206 Å². The number of ketones is 1. The van der Waals surface area contributed by atoms with Crippen molar-refractivity contribution in [3.05, 3.63) is 89.1 Å². The van der Waals surface area contributed by atoms with Gasteiger partial charge in [0.05, 0.1) is 23.2 Å². The van der Waals surface area contributed by atoms with Crippen molar-refractivity contribution < 1.29 is 13.9 Å². The monoisotopic (exact) mass is 488 g/mol. The van der Waals surface area contributed by atoms with E-state index < -0.39 is 0 Å². The number of rotatable bonds is 9. The van der Waals surface area contributed by atoms with Gasteiger partial charge < -0.3 is 4.74 Å². The molecule has 0 radical (unpaired) electrons. The SMILES string of the molecule is COc1ccc(-c2cc(-c3cccs3)nc(SCCCC(=O)c3ccc(F)cc3)c2C#N)cc1. The quantitative estimate of drug-likeness (QED) is 0.141. The molecule has 0 aliphatic carbocycles. The summed E-state index contributed by atoms with van der Waals surface area (Å²) >= 11 is 3.07. The minimum absolute atomic E-state index is 0.0275. The molecule has 2 aromatic heterocycles. The molecule has 4 rings (SSSR count). The summed E-state index contributed by atoms with van der Waals surface area (Å²) in [5, 5.41) is 12.6. The highest BCUT2D eigenvalue weighted by Crippen LogP contribution is 2.36. The van der Waals surface area contributed by atoms with Crippen LogP contribution in [0.5, 0.6) is 5.75 Å². The Morgan fingerprint density at radius 3 is 2.56 bits per heavy atom. The van der Waals surface area contributed by atoms with Crippen molar-refractivity contribution in [1.29, 1.82) is 5.26 Å². The van der Waals surface area contributed by atoms with Crippen molar-refractivity contribution in [2.45, 2.75) is 17.9 Å². The Morgan fingerprint density at radius 2 is 1.91 bits per heavy atom. The molecule has 0 fully saturated rings. The summed E-state index contributed by atoms with van der Waals surface area (Å²) in [7, 11) is 1.62. The van der Waals surface area contributed by atoms with Crippen LogP contribution >= 0.6 is 23.1 Å². The van der Waals surface area contributed by atoms with Gasteiger partial charge in [-0.25, -0.2) is 9.37 Å². The van der Waals surface area contributed by atoms with E-state index in [2.05, 4.69) is 6.07 Å². The maximum atomic E-state index is 13.1. The van der Waals surface area contributed by atoms with Crippen LogP contribution in [0.4, 0.5) is 4.39 Å². The number of nitrogens with zero attached hydrogens (tertiary/aromatic N) is 2. The van der Waals surface area contributed by atoms with Gasteiger partial charge in [-0.15, -0.1) is 23.1 Å². The summed E-state index contributed by atoms with van der Waals surface area (Å²) in [5.74, 6) is 0.987. The molecule has 34 heavy (non-hydrogen) atoms. The number of benzene rings is 2. The van der Waals surface area contributed by atoms with Gasteiger partial charge in [0.2, 0.25) is 0 Å². The van der Waals surface area contributed by atoms with Crippen molar-refractivity contribution in [1.82, 2.24) is 4.98 Å². The highest BCUT2D eigenvalue weighted by molar-refractivity contribution is 7.99. The third-order valence-corrected chi connectivity index (χ3v) is 7.18. The number of ether oxygens (including phenoxy) is 1. The Morgan fingerprint density at radius 1 is 1.15 bits per heavy atom. The Balaban J connectivity index is 1.56. The van der Waals surface area contributed by atoms with Gasteiger partial charge >= 0.3 is 0 Å². The lowest BCUT2D eigenvalue weighted by Crippen LogP contribution is -2.00. The van der Waals surface area contributed by atoms with Crippen LogP contribution in [0.3, 0.4) is 0 Å². The molecule has 0 N–H and O–H groups in total. The van der Waals surface area contributed by atoms with Gasteiger partial charge in [0, 0.05) is 17.5 Å². The van der Waals surface area contributed by atoms with Crippen LogP contribution in [0.25, 0.3) is 21.7 Å². The molecular weight excluding hydrogens is 467 g/mol. The molecule has 0 saturated heterocycles. The number of halogens is 1. The number of Topliss-reactive ketones (excluding diaryl/α,β-unsaturated/α-hetero) is 1. The maximum Gasteiger partial charge on any atom is 0.162 e. The first-order valence-electron chi connectivity index (χ1n) is 10.6.